The summed E-state index contributed by atoms with van der Waals surface area (Å²) in [6.45, 7) is 1.74. The lowest BCUT2D eigenvalue weighted by molar-refractivity contribution is -0.140. The highest BCUT2D eigenvalue weighted by Gasteiger charge is 2.35. The number of carbonyl (C=O) groups is 2. The molecule has 0 bridgehead atoms. The normalized spacial score (nSPS) is 15.5. The van der Waals surface area contributed by atoms with Gasteiger partial charge in [0.25, 0.3) is 5.91 Å². The summed E-state index contributed by atoms with van der Waals surface area (Å²) in [5.74, 6) is 1.13. The second-order valence-electron chi connectivity index (χ2n) is 7.08. The van der Waals surface area contributed by atoms with Crippen LogP contribution in [0, 0.1) is 0 Å². The van der Waals surface area contributed by atoms with Gasteiger partial charge in [-0.25, -0.2) is 5.01 Å². The molecule has 0 spiro atoms. The molecule has 1 heterocycles. The van der Waals surface area contributed by atoms with Crippen LogP contribution in [0.15, 0.2) is 53.6 Å². The van der Waals surface area contributed by atoms with E-state index in [-0.39, 0.29) is 24.4 Å². The summed E-state index contributed by atoms with van der Waals surface area (Å²) in [5.41, 5.74) is 2.60. The third-order valence-corrected chi connectivity index (χ3v) is 5.19. The second-order valence-corrected chi connectivity index (χ2v) is 7.08. The number of para-hydroxylation sites is 1. The Labute approximate surface area is 176 Å². The molecule has 0 unspecified atom stereocenters. The van der Waals surface area contributed by atoms with Crippen molar-refractivity contribution in [1.29, 1.82) is 0 Å². The number of likely N-dealkylation sites (N-methyl/N-ethyl adjacent to an activating group) is 1. The minimum atomic E-state index is -0.309. The SMILES string of the molecule is CCC(=O)N(C)CC(=O)N1N=C(c2ccc(OC)cc2)C[C@@H]1c1ccccc1OC. The van der Waals surface area contributed by atoms with Crippen molar-refractivity contribution < 1.29 is 19.1 Å². The quantitative estimate of drug-likeness (QED) is 0.704. The minimum Gasteiger partial charge on any atom is -0.497 e. The van der Waals surface area contributed by atoms with Crippen molar-refractivity contribution in [2.24, 2.45) is 5.10 Å². The Kier molecular flexibility index (Phi) is 6.72. The number of carbonyl (C=O) groups excluding carboxylic acids is 2. The van der Waals surface area contributed by atoms with Gasteiger partial charge in [-0.1, -0.05) is 25.1 Å². The first-order chi connectivity index (χ1) is 14.5. The predicted molar refractivity (Wildman–Crippen MR) is 115 cm³/mol. The van der Waals surface area contributed by atoms with E-state index < -0.39 is 0 Å². The van der Waals surface area contributed by atoms with Gasteiger partial charge in [0.1, 0.15) is 18.0 Å². The van der Waals surface area contributed by atoms with Crippen LogP contribution < -0.4 is 9.47 Å². The van der Waals surface area contributed by atoms with E-state index in [1.165, 1.54) is 9.91 Å². The number of ether oxygens (including phenoxy) is 2. The highest BCUT2D eigenvalue weighted by molar-refractivity contribution is 6.03. The molecule has 0 N–H and O–H groups in total. The van der Waals surface area contributed by atoms with E-state index in [0.29, 0.717) is 18.6 Å². The first-order valence-corrected chi connectivity index (χ1v) is 9.89. The lowest BCUT2D eigenvalue weighted by atomic mass is 9.97. The molecule has 3 rings (SSSR count). The third kappa shape index (κ3) is 4.45. The molecular weight excluding hydrogens is 382 g/mol. The molecule has 30 heavy (non-hydrogen) atoms. The molecule has 1 aliphatic heterocycles. The Morgan fingerprint density at radius 3 is 2.43 bits per heavy atom. The standard InChI is InChI=1S/C23H27N3O4/c1-5-22(27)25(2)15-23(28)26-20(18-8-6-7-9-21(18)30-4)14-19(24-26)16-10-12-17(29-3)13-11-16/h6-13,20H,5,14-15H2,1-4H3/t20-/m1/s1. The Hall–Kier alpha value is -3.35. The van der Waals surface area contributed by atoms with Crippen LogP contribution in [-0.4, -0.2) is 55.2 Å². The monoisotopic (exact) mass is 409 g/mol. The van der Waals surface area contributed by atoms with Crippen molar-refractivity contribution in [2.75, 3.05) is 27.8 Å². The lowest BCUT2D eigenvalue weighted by Crippen LogP contribution is -2.39. The van der Waals surface area contributed by atoms with Gasteiger partial charge in [-0.15, -0.1) is 0 Å². The van der Waals surface area contributed by atoms with Crippen molar-refractivity contribution in [3.05, 3.63) is 59.7 Å². The van der Waals surface area contributed by atoms with Crippen LogP contribution in [0.4, 0.5) is 0 Å². The van der Waals surface area contributed by atoms with Crippen LogP contribution in [0.25, 0.3) is 0 Å². The third-order valence-electron chi connectivity index (χ3n) is 5.19. The summed E-state index contributed by atoms with van der Waals surface area (Å²) >= 11 is 0. The summed E-state index contributed by atoms with van der Waals surface area (Å²) in [4.78, 5) is 26.5. The van der Waals surface area contributed by atoms with Crippen molar-refractivity contribution >= 4 is 17.5 Å². The maximum Gasteiger partial charge on any atom is 0.262 e. The number of nitrogens with zero attached hydrogens (tertiary/aromatic N) is 3. The zero-order valence-electron chi connectivity index (χ0n) is 17.8. The molecule has 7 heteroatoms. The van der Waals surface area contributed by atoms with Crippen molar-refractivity contribution in [2.45, 2.75) is 25.8 Å². The fourth-order valence-electron chi connectivity index (χ4n) is 3.52. The molecule has 1 aliphatic rings. The van der Waals surface area contributed by atoms with Crippen LogP contribution in [0.2, 0.25) is 0 Å². The summed E-state index contributed by atoms with van der Waals surface area (Å²) < 4.78 is 10.8. The molecule has 2 aromatic carbocycles. The van der Waals surface area contributed by atoms with Crippen molar-refractivity contribution in [3.63, 3.8) is 0 Å². The molecule has 0 fully saturated rings. The molecule has 158 valence electrons. The molecule has 0 aliphatic carbocycles. The van der Waals surface area contributed by atoms with Gasteiger partial charge in [0.05, 0.1) is 26.0 Å². The molecule has 0 saturated heterocycles. The van der Waals surface area contributed by atoms with Gasteiger partial charge in [-0.3, -0.25) is 9.59 Å². The number of benzene rings is 2. The first-order valence-electron chi connectivity index (χ1n) is 9.89. The summed E-state index contributed by atoms with van der Waals surface area (Å²) in [6.07, 6.45) is 0.893. The fraction of sp³-hybridized carbons (Fsp3) is 0.348. The number of methoxy groups -OCH3 is 2. The van der Waals surface area contributed by atoms with Gasteiger partial charge in [0.2, 0.25) is 5.91 Å². The number of hydrazone groups is 1. The van der Waals surface area contributed by atoms with Crippen LogP contribution in [0.5, 0.6) is 11.5 Å². The van der Waals surface area contributed by atoms with Gasteiger partial charge in [0.15, 0.2) is 0 Å². The fourth-order valence-corrected chi connectivity index (χ4v) is 3.52. The smallest absolute Gasteiger partial charge is 0.262 e. The van der Waals surface area contributed by atoms with Crippen LogP contribution in [-0.2, 0) is 9.59 Å². The number of hydrogen-bond acceptors (Lipinski definition) is 5. The van der Waals surface area contributed by atoms with E-state index >= 15 is 0 Å². The number of hydrogen-bond donors (Lipinski definition) is 0. The predicted octanol–water partition coefficient (Wildman–Crippen LogP) is 3.25. The Morgan fingerprint density at radius 1 is 1.10 bits per heavy atom. The van der Waals surface area contributed by atoms with Gasteiger partial charge in [0, 0.05) is 25.5 Å². The molecule has 1 atom stereocenters. The molecule has 2 amide bonds. The summed E-state index contributed by atoms with van der Waals surface area (Å²) in [7, 11) is 4.86. The minimum absolute atomic E-state index is 0.0300. The zero-order valence-corrected chi connectivity index (χ0v) is 17.8. The molecular formula is C23H27N3O4. The van der Waals surface area contributed by atoms with Crippen LogP contribution in [0.3, 0.4) is 0 Å². The summed E-state index contributed by atoms with van der Waals surface area (Å²) in [6, 6.07) is 14.9. The van der Waals surface area contributed by atoms with E-state index in [4.69, 9.17) is 9.47 Å². The van der Waals surface area contributed by atoms with Crippen molar-refractivity contribution in [3.8, 4) is 11.5 Å². The highest BCUT2D eigenvalue weighted by Crippen LogP contribution is 2.37. The Morgan fingerprint density at radius 2 is 1.80 bits per heavy atom. The topological polar surface area (TPSA) is 71.4 Å². The highest BCUT2D eigenvalue weighted by atomic mass is 16.5. The number of rotatable bonds is 7. The van der Waals surface area contributed by atoms with Crippen molar-refractivity contribution in [1.82, 2.24) is 9.91 Å². The molecule has 7 nitrogen and oxygen atoms in total. The molecule has 2 aromatic rings. The van der Waals surface area contributed by atoms with Gasteiger partial charge in [-0.2, -0.15) is 5.10 Å². The second kappa shape index (κ2) is 9.43. The van der Waals surface area contributed by atoms with Gasteiger partial charge < -0.3 is 14.4 Å². The van der Waals surface area contributed by atoms with Crippen LogP contribution >= 0.6 is 0 Å². The van der Waals surface area contributed by atoms with E-state index in [0.717, 1.165) is 22.6 Å². The molecule has 0 aromatic heterocycles. The van der Waals surface area contributed by atoms with Gasteiger partial charge >= 0.3 is 0 Å². The summed E-state index contributed by atoms with van der Waals surface area (Å²) in [5, 5.41) is 6.13. The average Bonchev–Trinajstić information content (AvgIpc) is 3.23. The molecule has 0 saturated carbocycles. The zero-order chi connectivity index (χ0) is 21.7. The maximum atomic E-state index is 13.1. The van der Waals surface area contributed by atoms with Crippen LogP contribution in [0.1, 0.15) is 36.9 Å². The van der Waals surface area contributed by atoms with E-state index in [2.05, 4.69) is 5.10 Å². The van der Waals surface area contributed by atoms with E-state index in [9.17, 15) is 9.59 Å². The van der Waals surface area contributed by atoms with E-state index in [1.807, 2.05) is 48.5 Å². The molecule has 0 radical (unpaired) electrons. The Balaban J connectivity index is 1.94. The average molecular weight is 409 g/mol. The number of amides is 2. The van der Waals surface area contributed by atoms with E-state index in [1.54, 1.807) is 28.2 Å². The maximum absolute atomic E-state index is 13.1. The lowest BCUT2D eigenvalue weighted by Gasteiger charge is -2.25. The largest absolute Gasteiger partial charge is 0.497 e. The first kappa shape index (κ1) is 21.4. The van der Waals surface area contributed by atoms with Gasteiger partial charge in [-0.05, 0) is 35.9 Å². The Bertz CT molecular complexity index is 940.